The van der Waals surface area contributed by atoms with Crippen LogP contribution in [0.3, 0.4) is 0 Å². The summed E-state index contributed by atoms with van der Waals surface area (Å²) in [6, 6.07) is 7.05. The van der Waals surface area contributed by atoms with E-state index in [1.807, 2.05) is 5.48 Å². The van der Waals surface area contributed by atoms with Gasteiger partial charge in [0.25, 0.3) is 0 Å². The number of rotatable bonds is 7. The topological polar surface area (TPSA) is 107 Å². The van der Waals surface area contributed by atoms with Crippen LogP contribution in [0.2, 0.25) is 0 Å². The molecule has 0 bridgehead atoms. The van der Waals surface area contributed by atoms with Gasteiger partial charge < -0.3 is 25.4 Å². The summed E-state index contributed by atoms with van der Waals surface area (Å²) < 4.78 is 47.1. The van der Waals surface area contributed by atoms with E-state index in [4.69, 9.17) is 15.1 Å². The van der Waals surface area contributed by atoms with Crippen molar-refractivity contribution in [2.45, 2.75) is 30.9 Å². The van der Waals surface area contributed by atoms with E-state index in [1.54, 1.807) is 12.1 Å². The molecule has 1 unspecified atom stereocenters. The first-order valence-corrected chi connectivity index (χ1v) is 10.1. The van der Waals surface area contributed by atoms with Crippen LogP contribution in [-0.4, -0.2) is 46.7 Å². The predicted molar refractivity (Wildman–Crippen MR) is 110 cm³/mol. The second-order valence-corrected chi connectivity index (χ2v) is 7.82. The van der Waals surface area contributed by atoms with Gasteiger partial charge in [-0.25, -0.2) is 18.0 Å². The van der Waals surface area contributed by atoms with Gasteiger partial charge in [-0.3, -0.25) is 0 Å². The number of benzene rings is 2. The average molecular weight is 449 g/mol. The minimum atomic E-state index is -0.725. The third kappa shape index (κ3) is 4.43. The fourth-order valence-electron chi connectivity index (χ4n) is 3.96. The monoisotopic (exact) mass is 449 g/mol. The van der Waals surface area contributed by atoms with Crippen LogP contribution in [0, 0.1) is 17.5 Å². The summed E-state index contributed by atoms with van der Waals surface area (Å²) in [6.07, 6.45) is -0.223. The summed E-state index contributed by atoms with van der Waals surface area (Å²) in [5.74, 6) is -1.97. The molecule has 1 amide bonds. The lowest BCUT2D eigenvalue weighted by molar-refractivity contribution is 0.0368. The molecule has 4 rings (SSSR count). The lowest BCUT2D eigenvalue weighted by Crippen LogP contribution is -2.43. The second-order valence-electron chi connectivity index (χ2n) is 7.82. The first-order chi connectivity index (χ1) is 15.4. The number of hydrogen-bond donors (Lipinski definition) is 5. The van der Waals surface area contributed by atoms with E-state index in [1.165, 1.54) is 18.2 Å². The molecule has 1 aromatic heterocycles. The van der Waals surface area contributed by atoms with Gasteiger partial charge in [0.15, 0.2) is 0 Å². The Labute approximate surface area is 181 Å². The van der Waals surface area contributed by atoms with Crippen LogP contribution in [0.15, 0.2) is 36.4 Å². The minimum Gasteiger partial charge on any atom is -0.446 e. The molecule has 170 valence electrons. The number of aliphatic hydroxyl groups is 1. The van der Waals surface area contributed by atoms with E-state index in [9.17, 15) is 18.0 Å². The number of H-pyrrole nitrogens is 1. The van der Waals surface area contributed by atoms with E-state index in [-0.39, 0.29) is 24.6 Å². The first kappa shape index (κ1) is 22.1. The Morgan fingerprint density at radius 3 is 2.53 bits per heavy atom. The average Bonchev–Trinajstić information content (AvgIpc) is 3.11. The van der Waals surface area contributed by atoms with Gasteiger partial charge in [0, 0.05) is 18.0 Å². The number of nitrogens with one attached hydrogen (secondary N) is 3. The Hall–Kier alpha value is -3.08. The molecule has 1 fully saturated rings. The summed E-state index contributed by atoms with van der Waals surface area (Å²) in [6.45, 7) is -0.403. The minimum absolute atomic E-state index is 0.0301. The van der Waals surface area contributed by atoms with Gasteiger partial charge in [-0.05, 0) is 60.2 Å². The highest BCUT2D eigenvalue weighted by Crippen LogP contribution is 2.46. The van der Waals surface area contributed by atoms with Crippen molar-refractivity contribution in [3.8, 4) is 11.3 Å². The van der Waals surface area contributed by atoms with Crippen LogP contribution >= 0.6 is 0 Å². The molecule has 1 aliphatic carbocycles. The molecule has 3 aromatic rings. The number of hydrogen-bond acceptors (Lipinski definition) is 5. The number of hydroxylamine groups is 1. The van der Waals surface area contributed by atoms with Crippen molar-refractivity contribution in [2.24, 2.45) is 0 Å². The molecule has 2 aromatic carbocycles. The molecule has 32 heavy (non-hydrogen) atoms. The largest absolute Gasteiger partial charge is 0.446 e. The summed E-state index contributed by atoms with van der Waals surface area (Å²) >= 11 is 0. The van der Waals surface area contributed by atoms with Crippen molar-refractivity contribution >= 4 is 17.0 Å². The Bertz CT molecular complexity index is 1110. The van der Waals surface area contributed by atoms with Crippen LogP contribution in [0.25, 0.3) is 22.2 Å². The first-order valence-electron chi connectivity index (χ1n) is 10.1. The number of aliphatic hydroxyl groups excluding tert-OH is 1. The van der Waals surface area contributed by atoms with Gasteiger partial charge in [0.05, 0.1) is 23.9 Å². The summed E-state index contributed by atoms with van der Waals surface area (Å²) in [7, 11) is 0. The van der Waals surface area contributed by atoms with E-state index in [2.05, 4.69) is 10.3 Å². The highest BCUT2D eigenvalue weighted by atomic mass is 19.1. The standard InChI is InChI=1S/C22H22F3N3O4/c23-13-3-1-11(2-4-13)20-19(17-7-14(24)8-18(25)21(17)27-20)12-5-16(6-12)32-22(30)26-9-15(10-29)28-31/h1-4,7-8,12,15-16,27-29,31H,5-6,9-10H2,(H,26,30)/t12-,15?,16-. The molecule has 0 spiro atoms. The van der Waals surface area contributed by atoms with Crippen LogP contribution < -0.4 is 10.8 Å². The zero-order valence-corrected chi connectivity index (χ0v) is 16.9. The fraction of sp³-hybridized carbons (Fsp3) is 0.318. The third-order valence-electron chi connectivity index (χ3n) is 5.67. The van der Waals surface area contributed by atoms with Gasteiger partial charge in [0.1, 0.15) is 23.6 Å². The molecule has 0 aliphatic heterocycles. The van der Waals surface area contributed by atoms with Crippen molar-refractivity contribution < 1.29 is 33.0 Å². The van der Waals surface area contributed by atoms with Gasteiger partial charge in [-0.1, -0.05) is 0 Å². The summed E-state index contributed by atoms with van der Waals surface area (Å²) in [5, 5.41) is 20.6. The Morgan fingerprint density at radius 1 is 1.16 bits per heavy atom. The Morgan fingerprint density at radius 2 is 1.88 bits per heavy atom. The number of amides is 1. The third-order valence-corrected chi connectivity index (χ3v) is 5.67. The highest BCUT2D eigenvalue weighted by Gasteiger charge is 2.37. The van der Waals surface area contributed by atoms with Crippen LogP contribution in [0.4, 0.5) is 18.0 Å². The molecular weight excluding hydrogens is 427 g/mol. The molecule has 5 N–H and O–H groups in total. The number of ether oxygens (including phenoxy) is 1. The van der Waals surface area contributed by atoms with E-state index < -0.39 is 35.7 Å². The number of aromatic amines is 1. The van der Waals surface area contributed by atoms with Gasteiger partial charge in [-0.2, -0.15) is 5.48 Å². The van der Waals surface area contributed by atoms with Gasteiger partial charge in [0.2, 0.25) is 0 Å². The van der Waals surface area contributed by atoms with E-state index >= 15 is 0 Å². The van der Waals surface area contributed by atoms with Crippen LogP contribution in [-0.2, 0) is 4.74 Å². The van der Waals surface area contributed by atoms with Crippen molar-refractivity contribution in [3.05, 3.63) is 59.4 Å². The van der Waals surface area contributed by atoms with E-state index in [0.717, 1.165) is 6.07 Å². The number of fused-ring (bicyclic) bond motifs is 1. The highest BCUT2D eigenvalue weighted by molar-refractivity contribution is 5.92. The SMILES string of the molecule is O=C(NCC(CO)NO)O[C@H]1C[C@H](c2c(-c3ccc(F)cc3)[nH]c3c(F)cc(F)cc32)C1. The maximum absolute atomic E-state index is 14.4. The zero-order valence-electron chi connectivity index (χ0n) is 16.9. The van der Waals surface area contributed by atoms with E-state index in [0.29, 0.717) is 35.0 Å². The maximum Gasteiger partial charge on any atom is 0.407 e. The molecule has 1 saturated carbocycles. The number of carbonyl (C=O) groups excluding carboxylic acids is 1. The number of halogens is 3. The van der Waals surface area contributed by atoms with Gasteiger partial charge in [-0.15, -0.1) is 0 Å². The molecule has 0 saturated heterocycles. The fourth-order valence-corrected chi connectivity index (χ4v) is 3.96. The number of aromatic nitrogens is 1. The molecule has 10 heteroatoms. The molecule has 0 radical (unpaired) electrons. The second kappa shape index (κ2) is 9.19. The Balaban J connectivity index is 1.54. The van der Waals surface area contributed by atoms with Crippen molar-refractivity contribution in [1.82, 2.24) is 15.8 Å². The van der Waals surface area contributed by atoms with Crippen LogP contribution in [0.1, 0.15) is 24.3 Å². The maximum atomic E-state index is 14.4. The lowest BCUT2D eigenvalue weighted by Gasteiger charge is -2.35. The molecule has 7 nitrogen and oxygen atoms in total. The quantitative estimate of drug-likeness (QED) is 0.355. The van der Waals surface area contributed by atoms with Crippen LogP contribution in [0.5, 0.6) is 0 Å². The zero-order chi connectivity index (χ0) is 22.8. The molecule has 1 atom stereocenters. The van der Waals surface area contributed by atoms with Gasteiger partial charge >= 0.3 is 6.09 Å². The predicted octanol–water partition coefficient (Wildman–Crippen LogP) is 3.56. The summed E-state index contributed by atoms with van der Waals surface area (Å²) in [4.78, 5) is 14.9. The Kier molecular flexibility index (Phi) is 6.35. The number of alkyl carbamates (subject to hydrolysis) is 1. The molecule has 1 aliphatic rings. The molecule has 1 heterocycles. The molecular formula is C22H22F3N3O4. The van der Waals surface area contributed by atoms with Crippen molar-refractivity contribution in [1.29, 1.82) is 0 Å². The summed E-state index contributed by atoms with van der Waals surface area (Å²) in [5.41, 5.74) is 3.91. The number of carbonyl (C=O) groups is 1. The van der Waals surface area contributed by atoms with Crippen molar-refractivity contribution in [3.63, 3.8) is 0 Å². The smallest absolute Gasteiger partial charge is 0.407 e. The van der Waals surface area contributed by atoms with Crippen molar-refractivity contribution in [2.75, 3.05) is 13.2 Å². The lowest BCUT2D eigenvalue weighted by atomic mass is 9.75. The normalized spacial score (nSPS) is 18.9.